The quantitative estimate of drug-likeness (QED) is 0.434. The lowest BCUT2D eigenvalue weighted by Gasteiger charge is -1.91. The molecule has 1 rings (SSSR count). The zero-order valence-corrected chi connectivity index (χ0v) is 7.35. The molecule has 0 radical (unpaired) electrons. The molecule has 1 saturated heterocycles. The first kappa shape index (κ1) is 8.36. The maximum absolute atomic E-state index is 5.39. The van der Waals surface area contributed by atoms with Crippen molar-refractivity contribution in [3.63, 3.8) is 0 Å². The summed E-state index contributed by atoms with van der Waals surface area (Å²) in [6.45, 7) is 6.13. The molecule has 0 saturated carbocycles. The van der Waals surface area contributed by atoms with Gasteiger partial charge in [0.25, 0.3) is 0 Å². The monoisotopic (exact) mass is 150 g/mol. The molecule has 1 unspecified atom stereocenters. The third kappa shape index (κ3) is 2.10. The van der Waals surface area contributed by atoms with E-state index in [2.05, 4.69) is 25.8 Å². The van der Waals surface area contributed by atoms with Crippen LogP contribution in [0.5, 0.6) is 0 Å². The number of rotatable bonds is 2. The molecular weight excluding hydrogens is 136 g/mol. The lowest BCUT2D eigenvalue weighted by molar-refractivity contribution is 0.324. The van der Waals surface area contributed by atoms with Crippen LogP contribution < -0.4 is 0 Å². The molecule has 1 fully saturated rings. The molecule has 1 atom stereocenters. The third-order valence-electron chi connectivity index (χ3n) is 2.03. The van der Waals surface area contributed by atoms with Gasteiger partial charge in [-0.2, -0.15) is 0 Å². The van der Waals surface area contributed by atoms with Crippen LogP contribution in [0.15, 0.2) is 11.6 Å². The van der Waals surface area contributed by atoms with Crippen molar-refractivity contribution in [3.8, 4) is 12.3 Å². The Hall–Kier alpha value is -0.740. The average molecular weight is 150 g/mol. The smallest absolute Gasteiger partial charge is 0.0902 e. The van der Waals surface area contributed by atoms with Crippen LogP contribution in [-0.2, 0) is 4.74 Å². The Kier molecular flexibility index (Phi) is 2.06. The number of ether oxygens (including phenoxy) is 1. The van der Waals surface area contributed by atoms with E-state index in [4.69, 9.17) is 11.2 Å². The molecular formula is C10H14O. The van der Waals surface area contributed by atoms with Gasteiger partial charge in [0.2, 0.25) is 0 Å². The van der Waals surface area contributed by atoms with Crippen LogP contribution in [0.4, 0.5) is 0 Å². The Morgan fingerprint density at radius 1 is 1.73 bits per heavy atom. The van der Waals surface area contributed by atoms with Gasteiger partial charge in [-0.15, -0.1) is 6.42 Å². The van der Waals surface area contributed by atoms with Crippen molar-refractivity contribution in [1.82, 2.24) is 0 Å². The third-order valence-corrected chi connectivity index (χ3v) is 2.03. The van der Waals surface area contributed by atoms with E-state index in [1.807, 2.05) is 6.92 Å². The molecule has 0 bridgehead atoms. The highest BCUT2D eigenvalue weighted by atomic mass is 16.6. The van der Waals surface area contributed by atoms with E-state index in [1.54, 1.807) is 0 Å². The lowest BCUT2D eigenvalue weighted by atomic mass is 10.1. The summed E-state index contributed by atoms with van der Waals surface area (Å²) in [5, 5.41) is 0. The largest absolute Gasteiger partial charge is 0.366 e. The van der Waals surface area contributed by atoms with Crippen LogP contribution in [0.2, 0.25) is 0 Å². The summed E-state index contributed by atoms with van der Waals surface area (Å²) >= 11 is 0. The van der Waals surface area contributed by atoms with Crippen LogP contribution in [0.1, 0.15) is 27.2 Å². The fourth-order valence-corrected chi connectivity index (χ4v) is 1.01. The van der Waals surface area contributed by atoms with Gasteiger partial charge in [-0.3, -0.25) is 0 Å². The maximum Gasteiger partial charge on any atom is 0.0902 e. The van der Waals surface area contributed by atoms with E-state index >= 15 is 0 Å². The maximum atomic E-state index is 5.39. The highest BCUT2D eigenvalue weighted by Crippen LogP contribution is 2.37. The second-order valence-electron chi connectivity index (χ2n) is 3.48. The van der Waals surface area contributed by atoms with Crippen molar-refractivity contribution in [2.24, 2.45) is 0 Å². The van der Waals surface area contributed by atoms with Crippen molar-refractivity contribution in [2.45, 2.75) is 38.9 Å². The van der Waals surface area contributed by atoms with Gasteiger partial charge in [0, 0.05) is 0 Å². The molecule has 1 aliphatic rings. The topological polar surface area (TPSA) is 12.5 Å². The van der Waals surface area contributed by atoms with Crippen molar-refractivity contribution in [3.05, 3.63) is 11.6 Å². The average Bonchev–Trinajstić information content (AvgIpc) is 2.54. The number of epoxide rings is 1. The van der Waals surface area contributed by atoms with E-state index in [0.29, 0.717) is 6.10 Å². The van der Waals surface area contributed by atoms with Crippen molar-refractivity contribution < 1.29 is 4.74 Å². The number of hydrogen-bond acceptors (Lipinski definition) is 1. The Balaban J connectivity index is 2.32. The molecule has 0 amide bonds. The number of hydrogen-bond donors (Lipinski definition) is 0. The summed E-state index contributed by atoms with van der Waals surface area (Å²) in [6.07, 6.45) is 8.57. The predicted molar refractivity (Wildman–Crippen MR) is 46.2 cm³/mol. The minimum atomic E-state index is 0.0887. The van der Waals surface area contributed by atoms with Gasteiger partial charge in [0.05, 0.1) is 11.7 Å². The molecule has 1 aliphatic heterocycles. The van der Waals surface area contributed by atoms with E-state index in [-0.39, 0.29) is 5.60 Å². The molecule has 1 nitrogen and oxygen atoms in total. The van der Waals surface area contributed by atoms with Gasteiger partial charge < -0.3 is 4.74 Å². The van der Waals surface area contributed by atoms with E-state index < -0.39 is 0 Å². The van der Waals surface area contributed by atoms with Gasteiger partial charge in [-0.25, -0.2) is 0 Å². The summed E-state index contributed by atoms with van der Waals surface area (Å²) in [5.74, 6) is 2.58. The Labute approximate surface area is 68.4 Å². The lowest BCUT2D eigenvalue weighted by Crippen LogP contribution is -2.01. The van der Waals surface area contributed by atoms with Crippen molar-refractivity contribution in [1.29, 1.82) is 0 Å². The number of terminal acetylenes is 1. The van der Waals surface area contributed by atoms with Crippen molar-refractivity contribution in [2.75, 3.05) is 0 Å². The van der Waals surface area contributed by atoms with E-state index in [1.165, 1.54) is 0 Å². The van der Waals surface area contributed by atoms with Gasteiger partial charge in [0.1, 0.15) is 0 Å². The zero-order chi connectivity index (χ0) is 8.48. The van der Waals surface area contributed by atoms with Crippen LogP contribution in [0.3, 0.4) is 0 Å². The van der Waals surface area contributed by atoms with Crippen LogP contribution in [-0.4, -0.2) is 11.7 Å². The molecule has 0 N–H and O–H groups in total. The van der Waals surface area contributed by atoms with Gasteiger partial charge >= 0.3 is 0 Å². The molecule has 11 heavy (non-hydrogen) atoms. The first-order chi connectivity index (χ1) is 5.06. The molecule has 60 valence electrons. The normalized spacial score (nSPS) is 27.8. The summed E-state index contributed by atoms with van der Waals surface area (Å²) < 4.78 is 5.39. The second kappa shape index (κ2) is 2.71. The summed E-state index contributed by atoms with van der Waals surface area (Å²) in [7, 11) is 0. The molecule has 0 aliphatic carbocycles. The molecule has 0 aromatic carbocycles. The molecule has 0 aromatic rings. The minimum Gasteiger partial charge on any atom is -0.366 e. The Morgan fingerprint density at radius 3 is 2.64 bits per heavy atom. The minimum absolute atomic E-state index is 0.0887. The Bertz CT molecular complexity index is 218. The highest BCUT2D eigenvalue weighted by Gasteiger charge is 2.46. The first-order valence-electron chi connectivity index (χ1n) is 3.87. The van der Waals surface area contributed by atoms with Crippen molar-refractivity contribution >= 4 is 0 Å². The first-order valence-corrected chi connectivity index (χ1v) is 3.87. The fraction of sp³-hybridized carbons (Fsp3) is 0.600. The SMILES string of the molecule is C#CC(C)=CCC1OC1(C)C. The van der Waals surface area contributed by atoms with Gasteiger partial charge in [-0.1, -0.05) is 12.0 Å². The van der Waals surface area contributed by atoms with Crippen LogP contribution in [0.25, 0.3) is 0 Å². The summed E-state index contributed by atoms with van der Waals surface area (Å²) in [6, 6.07) is 0. The molecule has 1 heterocycles. The van der Waals surface area contributed by atoms with Crippen LogP contribution in [0, 0.1) is 12.3 Å². The molecule has 1 heteroatoms. The predicted octanol–water partition coefficient (Wildman–Crippen LogP) is 2.13. The van der Waals surface area contributed by atoms with Gasteiger partial charge in [0.15, 0.2) is 0 Å². The van der Waals surface area contributed by atoms with Crippen LogP contribution >= 0.6 is 0 Å². The summed E-state index contributed by atoms with van der Waals surface area (Å²) in [5.41, 5.74) is 1.09. The highest BCUT2D eigenvalue weighted by molar-refractivity contribution is 5.23. The van der Waals surface area contributed by atoms with Gasteiger partial charge in [-0.05, 0) is 32.8 Å². The second-order valence-corrected chi connectivity index (χ2v) is 3.48. The zero-order valence-electron chi connectivity index (χ0n) is 7.35. The standard InChI is InChI=1S/C10H14O/c1-5-8(2)6-7-9-10(3,4)11-9/h1,6,9H,7H2,2-4H3. The summed E-state index contributed by atoms with van der Waals surface area (Å²) in [4.78, 5) is 0. The number of allylic oxidation sites excluding steroid dienone is 1. The Morgan fingerprint density at radius 2 is 2.27 bits per heavy atom. The van der Waals surface area contributed by atoms with E-state index in [0.717, 1.165) is 12.0 Å². The fourth-order valence-electron chi connectivity index (χ4n) is 1.01. The molecule has 0 aromatic heterocycles. The molecule has 0 spiro atoms. The van der Waals surface area contributed by atoms with E-state index in [9.17, 15) is 0 Å².